The second-order valence-corrected chi connectivity index (χ2v) is 8.98. The molecule has 0 radical (unpaired) electrons. The minimum Gasteiger partial charge on any atom is -0.326 e. The Bertz CT molecular complexity index is 1350. The lowest BCUT2D eigenvalue weighted by atomic mass is 9.93. The van der Waals surface area contributed by atoms with Crippen LogP contribution in [0.3, 0.4) is 0 Å². The molecule has 0 heterocycles. The molecule has 162 valence electrons. The number of hydrogen-bond acceptors (Lipinski definition) is 5. The number of primary sulfonamides is 1. The van der Waals surface area contributed by atoms with E-state index in [1.807, 2.05) is 19.9 Å². The summed E-state index contributed by atoms with van der Waals surface area (Å²) < 4.78 is 22.7. The number of sulfonamides is 1. The molecule has 0 fully saturated rings. The Morgan fingerprint density at radius 1 is 0.938 bits per heavy atom. The van der Waals surface area contributed by atoms with Crippen molar-refractivity contribution in [1.82, 2.24) is 0 Å². The number of amides is 1. The average molecular weight is 448 g/mol. The van der Waals surface area contributed by atoms with Gasteiger partial charge >= 0.3 is 0 Å². The van der Waals surface area contributed by atoms with Gasteiger partial charge in [-0.25, -0.2) is 13.6 Å². The molecule has 0 spiro atoms. The highest BCUT2D eigenvalue weighted by Gasteiger charge is 2.16. The van der Waals surface area contributed by atoms with Crippen molar-refractivity contribution in [2.45, 2.75) is 25.2 Å². The summed E-state index contributed by atoms with van der Waals surface area (Å²) in [5.74, 6) is -0.531. The first-order valence-corrected chi connectivity index (χ1v) is 11.2. The van der Waals surface area contributed by atoms with Gasteiger partial charge in [-0.1, -0.05) is 18.2 Å². The van der Waals surface area contributed by atoms with Crippen LogP contribution in [-0.4, -0.2) is 20.1 Å². The molecule has 3 rings (SSSR count). The van der Waals surface area contributed by atoms with Crippen LogP contribution in [0.2, 0.25) is 0 Å². The fourth-order valence-corrected chi connectivity index (χ4v) is 3.74. The number of nitrogens with zero attached hydrogens (tertiary/aromatic N) is 1. The first kappa shape index (κ1) is 22.9. The predicted octanol–water partition coefficient (Wildman–Crippen LogP) is 3.23. The van der Waals surface area contributed by atoms with Gasteiger partial charge in [-0.15, -0.1) is 0 Å². The smallest absolute Gasteiger partial charge is 0.238 e. The van der Waals surface area contributed by atoms with E-state index in [-0.39, 0.29) is 23.0 Å². The normalized spacial score (nSPS) is 10.9. The van der Waals surface area contributed by atoms with Crippen LogP contribution >= 0.6 is 0 Å². The van der Waals surface area contributed by atoms with Crippen molar-refractivity contribution in [2.24, 2.45) is 5.14 Å². The van der Waals surface area contributed by atoms with Crippen molar-refractivity contribution in [3.63, 3.8) is 0 Å². The summed E-state index contributed by atoms with van der Waals surface area (Å²) in [6, 6.07) is 17.8. The first-order valence-electron chi connectivity index (χ1n) is 9.66. The summed E-state index contributed by atoms with van der Waals surface area (Å²) in [6.07, 6.45) is 0.0225. The van der Waals surface area contributed by atoms with Crippen molar-refractivity contribution in [2.75, 3.05) is 5.32 Å². The monoisotopic (exact) mass is 447 g/mol. The summed E-state index contributed by atoms with van der Waals surface area (Å²) in [6.45, 7) is 3.62. The van der Waals surface area contributed by atoms with Gasteiger partial charge in [0.25, 0.3) is 0 Å². The fourth-order valence-electron chi connectivity index (χ4n) is 3.22. The summed E-state index contributed by atoms with van der Waals surface area (Å²) in [5, 5.41) is 16.9. The van der Waals surface area contributed by atoms with Crippen LogP contribution in [0.25, 0.3) is 0 Å². The molecule has 1 amide bonds. The van der Waals surface area contributed by atoms with E-state index in [1.54, 1.807) is 36.4 Å². The highest BCUT2D eigenvalue weighted by Crippen LogP contribution is 2.21. The predicted molar refractivity (Wildman–Crippen MR) is 121 cm³/mol. The van der Waals surface area contributed by atoms with Crippen molar-refractivity contribution in [3.05, 3.63) is 94.0 Å². The summed E-state index contributed by atoms with van der Waals surface area (Å²) in [7, 11) is -3.81. The lowest BCUT2D eigenvalue weighted by Gasteiger charge is -2.11. The molecule has 0 aliphatic rings. The third kappa shape index (κ3) is 5.27. The van der Waals surface area contributed by atoms with Gasteiger partial charge in [-0.3, -0.25) is 9.59 Å². The Balaban J connectivity index is 1.79. The van der Waals surface area contributed by atoms with Crippen LogP contribution in [-0.2, 0) is 21.2 Å². The molecule has 0 bridgehead atoms. The molecule has 0 atom stereocenters. The molecule has 0 aliphatic heterocycles. The van der Waals surface area contributed by atoms with E-state index in [2.05, 4.69) is 5.32 Å². The summed E-state index contributed by atoms with van der Waals surface area (Å²) in [4.78, 5) is 25.5. The molecule has 0 saturated carbocycles. The van der Waals surface area contributed by atoms with Crippen molar-refractivity contribution < 1.29 is 18.0 Å². The van der Waals surface area contributed by atoms with Crippen molar-refractivity contribution in [3.8, 4) is 6.07 Å². The van der Waals surface area contributed by atoms with E-state index in [0.29, 0.717) is 27.9 Å². The molecule has 0 aliphatic carbocycles. The quantitative estimate of drug-likeness (QED) is 0.560. The summed E-state index contributed by atoms with van der Waals surface area (Å²) in [5.41, 5.74) is 3.91. The van der Waals surface area contributed by atoms with Crippen molar-refractivity contribution >= 4 is 27.4 Å². The molecule has 7 nitrogen and oxygen atoms in total. The number of carbonyl (C=O) groups is 2. The second-order valence-electron chi connectivity index (χ2n) is 7.41. The number of nitrogens with two attached hydrogens (primary N) is 1. The molecule has 0 saturated heterocycles. The average Bonchev–Trinajstić information content (AvgIpc) is 2.74. The second kappa shape index (κ2) is 9.14. The molecule has 32 heavy (non-hydrogen) atoms. The van der Waals surface area contributed by atoms with E-state index in [9.17, 15) is 18.0 Å². The number of ketones is 1. The number of nitrogens with one attached hydrogen (secondary N) is 1. The Labute approximate surface area is 186 Å². The first-order chi connectivity index (χ1) is 15.1. The number of carbonyl (C=O) groups excluding carboxylic acids is 2. The molecule has 3 aromatic carbocycles. The third-order valence-electron chi connectivity index (χ3n) is 4.99. The van der Waals surface area contributed by atoms with Gasteiger partial charge in [-0.2, -0.15) is 5.26 Å². The molecule has 3 aromatic rings. The summed E-state index contributed by atoms with van der Waals surface area (Å²) >= 11 is 0. The van der Waals surface area contributed by atoms with E-state index in [4.69, 9.17) is 10.4 Å². The lowest BCUT2D eigenvalue weighted by molar-refractivity contribution is -0.115. The van der Waals surface area contributed by atoms with E-state index < -0.39 is 10.0 Å². The largest absolute Gasteiger partial charge is 0.326 e. The maximum atomic E-state index is 13.1. The number of benzene rings is 3. The zero-order valence-corrected chi connectivity index (χ0v) is 18.4. The number of nitriles is 1. The zero-order valence-electron chi connectivity index (χ0n) is 17.5. The van der Waals surface area contributed by atoms with Gasteiger partial charge in [0.05, 0.1) is 22.9 Å². The lowest BCUT2D eigenvalue weighted by Crippen LogP contribution is -2.16. The zero-order chi connectivity index (χ0) is 23.5. The van der Waals surface area contributed by atoms with Crippen molar-refractivity contribution in [1.29, 1.82) is 5.26 Å². The fraction of sp³-hybridized carbons (Fsp3) is 0.125. The van der Waals surface area contributed by atoms with Gasteiger partial charge in [-0.05, 0) is 73.0 Å². The number of aryl methyl sites for hydroxylation is 2. The highest BCUT2D eigenvalue weighted by atomic mass is 32.2. The molecule has 0 aromatic heterocycles. The number of hydrogen-bond donors (Lipinski definition) is 2. The van der Waals surface area contributed by atoms with Crippen LogP contribution in [0.4, 0.5) is 5.69 Å². The van der Waals surface area contributed by atoms with Crippen LogP contribution in [0, 0.1) is 25.2 Å². The van der Waals surface area contributed by atoms with Crippen LogP contribution in [0.1, 0.15) is 38.2 Å². The Morgan fingerprint density at radius 3 is 2.12 bits per heavy atom. The SMILES string of the molecule is Cc1ccc(C#N)cc1C(=O)c1cc(CC(=O)Nc2ccc(S(N)(=O)=O)cc2)ccc1C. The number of rotatable bonds is 6. The Hall–Kier alpha value is -3.80. The molecular formula is C24H21N3O4S. The van der Waals surface area contributed by atoms with Crippen LogP contribution in [0.5, 0.6) is 0 Å². The standard InChI is InChI=1S/C24H21N3O4S/c1-15-3-5-17(11-21(15)24(29)22-12-18(14-25)6-4-16(22)2)13-23(28)27-19-7-9-20(10-8-19)32(26,30)31/h3-12H,13H2,1-2H3,(H,27,28)(H2,26,30,31). The van der Waals surface area contributed by atoms with E-state index in [1.165, 1.54) is 24.3 Å². The molecule has 8 heteroatoms. The topological polar surface area (TPSA) is 130 Å². The number of anilines is 1. The minimum atomic E-state index is -3.81. The molecular weight excluding hydrogens is 426 g/mol. The maximum Gasteiger partial charge on any atom is 0.238 e. The van der Waals surface area contributed by atoms with Crippen LogP contribution in [0.15, 0.2) is 65.6 Å². The van der Waals surface area contributed by atoms with Gasteiger partial charge in [0.2, 0.25) is 15.9 Å². The van der Waals surface area contributed by atoms with Crippen LogP contribution < -0.4 is 10.5 Å². The van der Waals surface area contributed by atoms with E-state index >= 15 is 0 Å². The maximum absolute atomic E-state index is 13.1. The van der Waals surface area contributed by atoms with Gasteiger partial charge < -0.3 is 5.32 Å². The van der Waals surface area contributed by atoms with Gasteiger partial charge in [0, 0.05) is 16.8 Å². The van der Waals surface area contributed by atoms with E-state index in [0.717, 1.165) is 11.1 Å². The minimum absolute atomic E-state index is 0.0225. The Kier molecular flexibility index (Phi) is 6.53. The third-order valence-corrected chi connectivity index (χ3v) is 5.92. The highest BCUT2D eigenvalue weighted by molar-refractivity contribution is 7.89. The van der Waals surface area contributed by atoms with Gasteiger partial charge in [0.1, 0.15) is 0 Å². The molecule has 3 N–H and O–H groups in total. The molecule has 0 unspecified atom stereocenters. The Morgan fingerprint density at radius 2 is 1.53 bits per heavy atom. The van der Waals surface area contributed by atoms with Gasteiger partial charge in [0.15, 0.2) is 5.78 Å².